The minimum Gasteiger partial charge on any atom is -0.379 e. The first-order chi connectivity index (χ1) is 9.45. The summed E-state index contributed by atoms with van der Waals surface area (Å²) in [6.45, 7) is 13.2. The molecule has 4 heteroatoms. The van der Waals surface area contributed by atoms with Gasteiger partial charge < -0.3 is 9.47 Å². The topological polar surface area (TPSA) is 54.3 Å². The fourth-order valence-electron chi connectivity index (χ4n) is 2.09. The lowest BCUT2D eigenvalue weighted by Gasteiger charge is -2.29. The summed E-state index contributed by atoms with van der Waals surface area (Å²) in [6.07, 6.45) is 2.54. The van der Waals surface area contributed by atoms with Crippen LogP contribution in [0.4, 0.5) is 0 Å². The average molecular weight is 284 g/mol. The maximum atomic E-state index is 9.38. The Morgan fingerprint density at radius 3 is 2.25 bits per heavy atom. The molecule has 0 amide bonds. The summed E-state index contributed by atoms with van der Waals surface area (Å²) in [5.74, 6) is 0.568. The van der Waals surface area contributed by atoms with Gasteiger partial charge >= 0.3 is 0 Å². The van der Waals surface area contributed by atoms with Crippen LogP contribution >= 0.6 is 0 Å². The molecular formula is C16H32N2O2. The van der Waals surface area contributed by atoms with E-state index >= 15 is 0 Å². The number of nitrogens with zero attached hydrogens (tertiary/aromatic N) is 1. The molecule has 1 N–H and O–H groups in total. The summed E-state index contributed by atoms with van der Waals surface area (Å²) in [6, 6.07) is 2.75. The first kappa shape index (κ1) is 19.4. The van der Waals surface area contributed by atoms with E-state index in [4.69, 9.17) is 9.47 Å². The fraction of sp³-hybridized carbons (Fsp3) is 0.938. The Morgan fingerprint density at radius 2 is 1.75 bits per heavy atom. The van der Waals surface area contributed by atoms with E-state index in [0.29, 0.717) is 31.8 Å². The van der Waals surface area contributed by atoms with Crippen molar-refractivity contribution >= 4 is 0 Å². The van der Waals surface area contributed by atoms with E-state index in [1.807, 2.05) is 0 Å². The maximum absolute atomic E-state index is 9.38. The predicted molar refractivity (Wildman–Crippen MR) is 82.6 cm³/mol. The summed E-state index contributed by atoms with van der Waals surface area (Å²) in [4.78, 5) is 0. The van der Waals surface area contributed by atoms with Gasteiger partial charge in [-0.2, -0.15) is 5.26 Å². The SMILES string of the molecule is CCC(C#N)(CCCOCCOCC(C)C)NC(C)C. The number of ether oxygens (including phenoxy) is 2. The molecule has 0 saturated carbocycles. The Hall–Kier alpha value is -0.630. The lowest BCUT2D eigenvalue weighted by Crippen LogP contribution is -2.47. The number of hydrogen-bond donors (Lipinski definition) is 1. The Morgan fingerprint density at radius 1 is 1.10 bits per heavy atom. The van der Waals surface area contributed by atoms with Crippen molar-refractivity contribution in [3.8, 4) is 6.07 Å². The molecule has 0 radical (unpaired) electrons. The third-order valence-corrected chi connectivity index (χ3v) is 3.10. The van der Waals surface area contributed by atoms with Gasteiger partial charge in [0.05, 0.1) is 19.3 Å². The summed E-state index contributed by atoms with van der Waals surface area (Å²) < 4.78 is 11.0. The van der Waals surface area contributed by atoms with Crippen molar-refractivity contribution in [1.82, 2.24) is 5.32 Å². The van der Waals surface area contributed by atoms with Crippen LogP contribution in [0.5, 0.6) is 0 Å². The monoisotopic (exact) mass is 284 g/mol. The van der Waals surface area contributed by atoms with Crippen LogP contribution in [0.3, 0.4) is 0 Å². The van der Waals surface area contributed by atoms with Gasteiger partial charge in [-0.25, -0.2) is 0 Å². The second-order valence-corrected chi connectivity index (χ2v) is 6.03. The zero-order valence-corrected chi connectivity index (χ0v) is 13.9. The Balaban J connectivity index is 3.72. The van der Waals surface area contributed by atoms with E-state index in [0.717, 1.165) is 25.9 Å². The molecule has 0 rings (SSSR count). The van der Waals surface area contributed by atoms with Crippen LogP contribution in [0.1, 0.15) is 53.9 Å². The molecule has 0 aromatic rings. The zero-order valence-electron chi connectivity index (χ0n) is 13.9. The van der Waals surface area contributed by atoms with E-state index in [9.17, 15) is 5.26 Å². The standard InChI is InChI=1S/C16H32N2O2/c1-6-16(13-17,18-15(4)5)8-7-9-19-10-11-20-12-14(2)3/h14-15,18H,6-12H2,1-5H3. The average Bonchev–Trinajstić information content (AvgIpc) is 2.39. The summed E-state index contributed by atoms with van der Waals surface area (Å²) in [5, 5.41) is 12.8. The van der Waals surface area contributed by atoms with Crippen molar-refractivity contribution in [3.63, 3.8) is 0 Å². The van der Waals surface area contributed by atoms with Crippen molar-refractivity contribution in [2.75, 3.05) is 26.4 Å². The summed E-state index contributed by atoms with van der Waals surface area (Å²) >= 11 is 0. The maximum Gasteiger partial charge on any atom is 0.106 e. The van der Waals surface area contributed by atoms with E-state index in [1.54, 1.807) is 0 Å². The lowest BCUT2D eigenvalue weighted by molar-refractivity contribution is 0.0354. The fourth-order valence-corrected chi connectivity index (χ4v) is 2.09. The molecule has 0 aliphatic rings. The lowest BCUT2D eigenvalue weighted by atomic mass is 9.91. The van der Waals surface area contributed by atoms with Crippen molar-refractivity contribution in [2.24, 2.45) is 5.92 Å². The number of nitriles is 1. The second kappa shape index (κ2) is 11.1. The van der Waals surface area contributed by atoms with Crippen molar-refractivity contribution in [3.05, 3.63) is 0 Å². The zero-order chi connectivity index (χ0) is 15.4. The van der Waals surface area contributed by atoms with Gasteiger partial charge in [-0.15, -0.1) is 0 Å². The molecule has 0 saturated heterocycles. The molecule has 20 heavy (non-hydrogen) atoms. The molecule has 4 nitrogen and oxygen atoms in total. The molecule has 0 aromatic carbocycles. The molecule has 118 valence electrons. The highest BCUT2D eigenvalue weighted by atomic mass is 16.5. The molecule has 0 bridgehead atoms. The van der Waals surface area contributed by atoms with Gasteiger partial charge in [0, 0.05) is 19.3 Å². The molecule has 0 aliphatic carbocycles. The van der Waals surface area contributed by atoms with E-state index < -0.39 is 5.54 Å². The van der Waals surface area contributed by atoms with Crippen LogP contribution in [0.25, 0.3) is 0 Å². The van der Waals surface area contributed by atoms with Crippen LogP contribution < -0.4 is 5.32 Å². The van der Waals surface area contributed by atoms with Gasteiger partial charge in [-0.3, -0.25) is 5.32 Å². The first-order valence-corrected chi connectivity index (χ1v) is 7.80. The van der Waals surface area contributed by atoms with Crippen LogP contribution in [0.15, 0.2) is 0 Å². The Labute approximate surface area is 124 Å². The number of hydrogen-bond acceptors (Lipinski definition) is 4. The van der Waals surface area contributed by atoms with Crippen LogP contribution in [0.2, 0.25) is 0 Å². The molecule has 0 spiro atoms. The van der Waals surface area contributed by atoms with E-state index in [1.165, 1.54) is 0 Å². The predicted octanol–water partition coefficient (Wildman–Crippen LogP) is 3.13. The van der Waals surface area contributed by atoms with Crippen molar-refractivity contribution < 1.29 is 9.47 Å². The van der Waals surface area contributed by atoms with Gasteiger partial charge in [0.15, 0.2) is 0 Å². The van der Waals surface area contributed by atoms with Gasteiger partial charge in [0.1, 0.15) is 5.54 Å². The van der Waals surface area contributed by atoms with Crippen molar-refractivity contribution in [2.45, 2.75) is 65.5 Å². The van der Waals surface area contributed by atoms with Crippen molar-refractivity contribution in [1.29, 1.82) is 5.26 Å². The third-order valence-electron chi connectivity index (χ3n) is 3.10. The highest BCUT2D eigenvalue weighted by molar-refractivity contribution is 5.06. The number of nitrogens with one attached hydrogen (secondary N) is 1. The molecule has 0 aromatic heterocycles. The highest BCUT2D eigenvalue weighted by Crippen LogP contribution is 2.17. The van der Waals surface area contributed by atoms with Crippen LogP contribution in [0, 0.1) is 17.2 Å². The molecule has 0 fully saturated rings. The minimum atomic E-state index is -0.411. The Kier molecular flexibility index (Phi) is 10.7. The minimum absolute atomic E-state index is 0.319. The second-order valence-electron chi connectivity index (χ2n) is 6.03. The van der Waals surface area contributed by atoms with E-state index in [-0.39, 0.29) is 0 Å². The smallest absolute Gasteiger partial charge is 0.106 e. The normalized spacial score (nSPS) is 14.5. The Bertz CT molecular complexity index is 274. The molecule has 0 heterocycles. The molecule has 1 atom stereocenters. The van der Waals surface area contributed by atoms with Crippen LogP contribution in [-0.2, 0) is 9.47 Å². The number of rotatable bonds is 12. The summed E-state index contributed by atoms with van der Waals surface area (Å²) in [5.41, 5.74) is -0.411. The highest BCUT2D eigenvalue weighted by Gasteiger charge is 2.27. The van der Waals surface area contributed by atoms with Gasteiger partial charge in [0.2, 0.25) is 0 Å². The van der Waals surface area contributed by atoms with E-state index in [2.05, 4.69) is 46.0 Å². The van der Waals surface area contributed by atoms with Gasteiger partial charge in [-0.05, 0) is 39.0 Å². The van der Waals surface area contributed by atoms with Gasteiger partial charge in [0.25, 0.3) is 0 Å². The summed E-state index contributed by atoms with van der Waals surface area (Å²) in [7, 11) is 0. The largest absolute Gasteiger partial charge is 0.379 e. The molecule has 1 unspecified atom stereocenters. The first-order valence-electron chi connectivity index (χ1n) is 7.80. The quantitative estimate of drug-likeness (QED) is 0.559. The third kappa shape index (κ3) is 9.30. The van der Waals surface area contributed by atoms with Gasteiger partial charge in [-0.1, -0.05) is 20.8 Å². The molecule has 0 aliphatic heterocycles. The van der Waals surface area contributed by atoms with Crippen LogP contribution in [-0.4, -0.2) is 38.0 Å². The molecular weight excluding hydrogens is 252 g/mol.